The third-order valence-electron chi connectivity index (χ3n) is 4.13. The van der Waals surface area contributed by atoms with Gasteiger partial charge >= 0.3 is 0 Å². The van der Waals surface area contributed by atoms with E-state index in [1.807, 2.05) is 30.3 Å². The molecular weight excluding hydrogens is 294 g/mol. The zero-order chi connectivity index (χ0) is 17.7. The minimum absolute atomic E-state index is 0.0921. The Morgan fingerprint density at radius 1 is 0.917 bits per heavy atom. The molecule has 0 fully saturated rings. The summed E-state index contributed by atoms with van der Waals surface area (Å²) in [6, 6.07) is 14.4. The molecule has 0 unspecified atom stereocenters. The third-order valence-corrected chi connectivity index (χ3v) is 4.13. The van der Waals surface area contributed by atoms with E-state index in [1.54, 1.807) is 6.08 Å². The molecule has 1 amide bonds. The summed E-state index contributed by atoms with van der Waals surface area (Å²) >= 11 is 0. The first-order valence-electron chi connectivity index (χ1n) is 8.57. The van der Waals surface area contributed by atoms with Crippen LogP contribution >= 0.6 is 0 Å². The molecule has 0 heterocycles. The van der Waals surface area contributed by atoms with Gasteiger partial charge in [-0.1, -0.05) is 75.7 Å². The van der Waals surface area contributed by atoms with Gasteiger partial charge in [-0.2, -0.15) is 0 Å². The Morgan fingerprint density at radius 2 is 1.46 bits per heavy atom. The highest BCUT2D eigenvalue weighted by Gasteiger charge is 2.14. The number of hydrogen-bond donors (Lipinski definition) is 1. The summed E-state index contributed by atoms with van der Waals surface area (Å²) in [5.74, 6) is 0.630. The van der Waals surface area contributed by atoms with Gasteiger partial charge < -0.3 is 5.32 Å². The number of rotatable bonds is 5. The van der Waals surface area contributed by atoms with E-state index in [-0.39, 0.29) is 5.91 Å². The largest absolute Gasteiger partial charge is 0.322 e. The molecule has 0 saturated heterocycles. The zero-order valence-corrected chi connectivity index (χ0v) is 15.3. The summed E-state index contributed by atoms with van der Waals surface area (Å²) in [5, 5.41) is 3.10. The van der Waals surface area contributed by atoms with Gasteiger partial charge in [0.2, 0.25) is 5.91 Å². The maximum Gasteiger partial charge on any atom is 0.248 e. The number of nitrogens with one attached hydrogen (secondary N) is 1. The second-order valence-electron chi connectivity index (χ2n) is 6.85. The Balaban J connectivity index is 2.23. The van der Waals surface area contributed by atoms with Crippen LogP contribution < -0.4 is 5.32 Å². The molecule has 0 aromatic heterocycles. The number of hydrogen-bond acceptors (Lipinski definition) is 1. The van der Waals surface area contributed by atoms with Gasteiger partial charge in [0, 0.05) is 11.8 Å². The van der Waals surface area contributed by atoms with E-state index < -0.39 is 0 Å². The molecule has 2 nitrogen and oxygen atoms in total. The summed E-state index contributed by atoms with van der Waals surface area (Å²) in [6.45, 7) is 10.7. The molecule has 0 spiro atoms. The second kappa shape index (κ2) is 7.96. The van der Waals surface area contributed by atoms with Crippen molar-refractivity contribution in [2.75, 3.05) is 5.32 Å². The highest BCUT2D eigenvalue weighted by atomic mass is 16.1. The van der Waals surface area contributed by atoms with Gasteiger partial charge in [-0.05, 0) is 41.5 Å². The topological polar surface area (TPSA) is 29.1 Å². The zero-order valence-electron chi connectivity index (χ0n) is 15.3. The monoisotopic (exact) mass is 321 g/mol. The van der Waals surface area contributed by atoms with E-state index in [2.05, 4.69) is 58.1 Å². The van der Waals surface area contributed by atoms with E-state index >= 15 is 0 Å². The maximum absolute atomic E-state index is 12.4. The lowest BCUT2D eigenvalue weighted by Crippen LogP contribution is -2.13. The highest BCUT2D eigenvalue weighted by Crippen LogP contribution is 2.32. The van der Waals surface area contributed by atoms with Crippen molar-refractivity contribution in [1.29, 1.82) is 0 Å². The van der Waals surface area contributed by atoms with Crippen molar-refractivity contribution in [2.45, 2.75) is 46.5 Å². The summed E-state index contributed by atoms with van der Waals surface area (Å²) in [5.41, 5.74) is 5.55. The van der Waals surface area contributed by atoms with Crippen LogP contribution in [0.2, 0.25) is 0 Å². The van der Waals surface area contributed by atoms with E-state index in [9.17, 15) is 4.79 Å². The first-order chi connectivity index (χ1) is 11.4. The van der Waals surface area contributed by atoms with Crippen molar-refractivity contribution in [3.63, 3.8) is 0 Å². The Bertz CT molecular complexity index is 698. The van der Waals surface area contributed by atoms with Gasteiger partial charge in [-0.15, -0.1) is 0 Å². The van der Waals surface area contributed by atoms with Crippen LogP contribution in [0.1, 0.15) is 61.8 Å². The van der Waals surface area contributed by atoms with Crippen molar-refractivity contribution >= 4 is 17.7 Å². The quantitative estimate of drug-likeness (QED) is 0.683. The van der Waals surface area contributed by atoms with Crippen LogP contribution in [0.15, 0.2) is 48.5 Å². The number of aryl methyl sites for hydroxylation is 1. The molecule has 2 heteroatoms. The first kappa shape index (κ1) is 18.0. The van der Waals surface area contributed by atoms with Gasteiger partial charge in [-0.3, -0.25) is 4.79 Å². The van der Waals surface area contributed by atoms with Crippen LogP contribution in [0.5, 0.6) is 0 Å². The van der Waals surface area contributed by atoms with Gasteiger partial charge in [-0.25, -0.2) is 0 Å². The molecule has 0 aliphatic rings. The standard InChI is InChI=1S/C22H27NO/c1-15(2)19-7-6-8-20(16(3)4)22(19)23-21(24)14-13-18-11-9-17(5)10-12-18/h6-16H,1-5H3,(H,23,24). The van der Waals surface area contributed by atoms with E-state index in [0.29, 0.717) is 11.8 Å². The fraction of sp³-hybridized carbons (Fsp3) is 0.318. The Hall–Kier alpha value is -2.35. The lowest BCUT2D eigenvalue weighted by molar-refractivity contribution is -0.111. The Morgan fingerprint density at radius 3 is 1.96 bits per heavy atom. The first-order valence-corrected chi connectivity index (χ1v) is 8.57. The normalized spacial score (nSPS) is 11.5. The number of carbonyl (C=O) groups excluding carboxylic acids is 1. The molecule has 126 valence electrons. The molecular formula is C22H27NO. The highest BCUT2D eigenvalue weighted by molar-refractivity contribution is 6.03. The predicted molar refractivity (Wildman–Crippen MR) is 103 cm³/mol. The summed E-state index contributed by atoms with van der Waals surface area (Å²) in [6.07, 6.45) is 3.45. The SMILES string of the molecule is Cc1ccc(C=CC(=O)Nc2c(C(C)C)cccc2C(C)C)cc1. The molecule has 2 aromatic carbocycles. The molecule has 0 radical (unpaired) electrons. The van der Waals surface area contributed by atoms with Crippen LogP contribution in [0.25, 0.3) is 6.08 Å². The molecule has 0 aliphatic carbocycles. The fourth-order valence-corrected chi connectivity index (χ4v) is 2.71. The lowest BCUT2D eigenvalue weighted by atomic mass is 9.92. The number of anilines is 1. The number of amides is 1. The van der Waals surface area contributed by atoms with Crippen LogP contribution in [-0.4, -0.2) is 5.91 Å². The van der Waals surface area contributed by atoms with Gasteiger partial charge in [0.1, 0.15) is 0 Å². The molecule has 0 atom stereocenters. The Kier molecular flexibility index (Phi) is 5.97. The van der Waals surface area contributed by atoms with Crippen molar-refractivity contribution in [3.05, 3.63) is 70.8 Å². The van der Waals surface area contributed by atoms with Crippen molar-refractivity contribution in [2.24, 2.45) is 0 Å². The molecule has 0 bridgehead atoms. The number of benzene rings is 2. The van der Waals surface area contributed by atoms with Crippen LogP contribution in [0.3, 0.4) is 0 Å². The fourth-order valence-electron chi connectivity index (χ4n) is 2.71. The molecule has 2 aromatic rings. The Labute approximate surface area is 145 Å². The van der Waals surface area contributed by atoms with E-state index in [0.717, 1.165) is 11.3 Å². The average molecular weight is 321 g/mol. The number of para-hydroxylation sites is 1. The van der Waals surface area contributed by atoms with Crippen molar-refractivity contribution < 1.29 is 4.79 Å². The van der Waals surface area contributed by atoms with Gasteiger partial charge in [0.05, 0.1) is 0 Å². The number of carbonyl (C=O) groups is 1. The molecule has 2 rings (SSSR count). The second-order valence-corrected chi connectivity index (χ2v) is 6.85. The maximum atomic E-state index is 12.4. The molecule has 24 heavy (non-hydrogen) atoms. The molecule has 0 saturated carbocycles. The molecule has 1 N–H and O–H groups in total. The summed E-state index contributed by atoms with van der Waals surface area (Å²) in [7, 11) is 0. The lowest BCUT2D eigenvalue weighted by Gasteiger charge is -2.19. The van der Waals surface area contributed by atoms with Crippen LogP contribution in [-0.2, 0) is 4.79 Å². The van der Waals surface area contributed by atoms with E-state index in [1.165, 1.54) is 16.7 Å². The average Bonchev–Trinajstić information content (AvgIpc) is 2.54. The van der Waals surface area contributed by atoms with Crippen LogP contribution in [0, 0.1) is 6.92 Å². The third kappa shape index (κ3) is 4.58. The minimum Gasteiger partial charge on any atom is -0.322 e. The summed E-state index contributed by atoms with van der Waals surface area (Å²) < 4.78 is 0. The van der Waals surface area contributed by atoms with Crippen LogP contribution in [0.4, 0.5) is 5.69 Å². The van der Waals surface area contributed by atoms with Gasteiger partial charge in [0.15, 0.2) is 0 Å². The summed E-state index contributed by atoms with van der Waals surface area (Å²) in [4.78, 5) is 12.4. The smallest absolute Gasteiger partial charge is 0.248 e. The van der Waals surface area contributed by atoms with E-state index in [4.69, 9.17) is 0 Å². The van der Waals surface area contributed by atoms with Crippen molar-refractivity contribution in [1.82, 2.24) is 0 Å². The van der Waals surface area contributed by atoms with Crippen molar-refractivity contribution in [3.8, 4) is 0 Å². The minimum atomic E-state index is -0.0921. The predicted octanol–water partition coefficient (Wildman–Crippen LogP) is 5.89. The molecule has 0 aliphatic heterocycles. The van der Waals surface area contributed by atoms with Gasteiger partial charge in [0.25, 0.3) is 0 Å².